The fourth-order valence-electron chi connectivity index (χ4n) is 3.58. The van der Waals surface area contributed by atoms with Crippen molar-refractivity contribution in [3.63, 3.8) is 0 Å². The molecule has 0 N–H and O–H groups in total. The lowest BCUT2D eigenvalue weighted by Crippen LogP contribution is -2.41. The molecule has 2 aromatic carbocycles. The van der Waals surface area contributed by atoms with Gasteiger partial charge in [-0.05, 0) is 37.1 Å². The van der Waals surface area contributed by atoms with E-state index in [2.05, 4.69) is 6.07 Å². The van der Waals surface area contributed by atoms with Gasteiger partial charge in [-0.1, -0.05) is 24.3 Å². The van der Waals surface area contributed by atoms with Crippen LogP contribution in [0.25, 0.3) is 10.2 Å². The summed E-state index contributed by atoms with van der Waals surface area (Å²) in [4.78, 5) is 31.5. The number of carbonyl (C=O) groups excluding carboxylic acids is 2. The van der Waals surface area contributed by atoms with Crippen LogP contribution < -0.4 is 4.74 Å². The first-order valence-electron chi connectivity index (χ1n) is 9.59. The van der Waals surface area contributed by atoms with Gasteiger partial charge in [-0.25, -0.2) is 9.78 Å². The van der Waals surface area contributed by atoms with Gasteiger partial charge in [0.2, 0.25) is 0 Å². The molecule has 2 heterocycles. The summed E-state index contributed by atoms with van der Waals surface area (Å²) in [6.07, 6.45) is 1.91. The first-order chi connectivity index (χ1) is 14.2. The molecule has 1 amide bonds. The number of aromatic nitrogens is 1. The molecule has 0 spiro atoms. The minimum absolute atomic E-state index is 0.181. The molecule has 4 rings (SSSR count). The van der Waals surface area contributed by atoms with Crippen LogP contribution in [0.3, 0.4) is 0 Å². The Morgan fingerprint density at radius 1 is 1.17 bits per heavy atom. The van der Waals surface area contributed by atoms with Gasteiger partial charge in [0.1, 0.15) is 11.3 Å². The van der Waals surface area contributed by atoms with Crippen LogP contribution in [0.4, 0.5) is 0 Å². The third-order valence-electron chi connectivity index (χ3n) is 5.09. The Labute approximate surface area is 173 Å². The van der Waals surface area contributed by atoms with Crippen LogP contribution >= 0.6 is 11.3 Å². The molecular formula is C22H22N2O4S. The van der Waals surface area contributed by atoms with Crippen LogP contribution in [-0.4, -0.2) is 48.6 Å². The van der Waals surface area contributed by atoms with Gasteiger partial charge in [0, 0.05) is 19.0 Å². The molecule has 6 nitrogen and oxygen atoms in total. The standard InChI is InChI=1S/C22H22N2O4S/c1-27-18-10-4-2-8-16(18)22(26)28-14-20(25)24-12-6-7-15(13-24)21-23-17-9-3-5-11-19(17)29-21/h2-5,8-11,15H,6-7,12-14H2,1H3/t15-/m1/s1. The van der Waals surface area contributed by atoms with Crippen LogP contribution in [-0.2, 0) is 9.53 Å². The van der Waals surface area contributed by atoms with Gasteiger partial charge in [0.05, 0.1) is 22.3 Å². The van der Waals surface area contributed by atoms with Crippen molar-refractivity contribution < 1.29 is 19.1 Å². The summed E-state index contributed by atoms with van der Waals surface area (Å²) in [6.45, 7) is 1.00. The van der Waals surface area contributed by atoms with Crippen LogP contribution in [0.1, 0.15) is 34.1 Å². The highest BCUT2D eigenvalue weighted by Gasteiger charge is 2.27. The molecule has 1 fully saturated rings. The highest BCUT2D eigenvalue weighted by Crippen LogP contribution is 2.33. The van der Waals surface area contributed by atoms with E-state index in [1.807, 2.05) is 18.2 Å². The number of hydrogen-bond acceptors (Lipinski definition) is 6. The maximum atomic E-state index is 12.6. The van der Waals surface area contributed by atoms with E-state index in [1.165, 1.54) is 7.11 Å². The van der Waals surface area contributed by atoms with Gasteiger partial charge in [-0.3, -0.25) is 4.79 Å². The second-order valence-electron chi connectivity index (χ2n) is 6.98. The fraction of sp³-hybridized carbons (Fsp3) is 0.318. The lowest BCUT2D eigenvalue weighted by Gasteiger charge is -2.31. The normalized spacial score (nSPS) is 16.6. The molecule has 29 heavy (non-hydrogen) atoms. The third kappa shape index (κ3) is 4.24. The summed E-state index contributed by atoms with van der Waals surface area (Å²) < 4.78 is 11.6. The topological polar surface area (TPSA) is 68.7 Å². The van der Waals surface area contributed by atoms with E-state index in [1.54, 1.807) is 40.5 Å². The molecule has 1 aliphatic rings. The molecule has 0 bridgehead atoms. The number of para-hydroxylation sites is 2. The molecule has 0 unspecified atom stereocenters. The number of nitrogens with zero attached hydrogens (tertiary/aromatic N) is 2. The Kier molecular flexibility index (Phi) is 5.76. The summed E-state index contributed by atoms with van der Waals surface area (Å²) >= 11 is 1.69. The van der Waals surface area contributed by atoms with Crippen molar-refractivity contribution in [3.05, 3.63) is 59.1 Å². The van der Waals surface area contributed by atoms with Crippen molar-refractivity contribution in [1.29, 1.82) is 0 Å². The van der Waals surface area contributed by atoms with Gasteiger partial charge in [-0.15, -0.1) is 11.3 Å². The molecular weight excluding hydrogens is 388 g/mol. The molecule has 3 aromatic rings. The van der Waals surface area contributed by atoms with Gasteiger partial charge in [-0.2, -0.15) is 0 Å². The number of rotatable bonds is 5. The third-order valence-corrected chi connectivity index (χ3v) is 6.29. The van der Waals surface area contributed by atoms with E-state index < -0.39 is 5.97 Å². The average molecular weight is 410 g/mol. The lowest BCUT2D eigenvalue weighted by molar-refractivity contribution is -0.135. The van der Waals surface area contributed by atoms with Crippen LogP contribution in [0.2, 0.25) is 0 Å². The van der Waals surface area contributed by atoms with Crippen molar-refractivity contribution in [3.8, 4) is 5.75 Å². The number of piperidine rings is 1. The Morgan fingerprint density at radius 2 is 1.97 bits per heavy atom. The second kappa shape index (κ2) is 8.61. The Balaban J connectivity index is 1.38. The zero-order valence-corrected chi connectivity index (χ0v) is 17.0. The Morgan fingerprint density at radius 3 is 2.79 bits per heavy atom. The molecule has 150 valence electrons. The van der Waals surface area contributed by atoms with Gasteiger partial charge in [0.15, 0.2) is 6.61 Å². The summed E-state index contributed by atoms with van der Waals surface area (Å²) in [5, 5.41) is 1.06. The van der Waals surface area contributed by atoms with E-state index >= 15 is 0 Å². The minimum atomic E-state index is -0.560. The monoisotopic (exact) mass is 410 g/mol. The van der Waals surface area contributed by atoms with E-state index in [0.29, 0.717) is 24.4 Å². The summed E-state index contributed by atoms with van der Waals surface area (Å²) in [5.41, 5.74) is 1.32. The molecule has 1 aromatic heterocycles. The largest absolute Gasteiger partial charge is 0.496 e. The highest BCUT2D eigenvalue weighted by molar-refractivity contribution is 7.18. The molecule has 0 radical (unpaired) electrons. The molecule has 1 aliphatic heterocycles. The minimum Gasteiger partial charge on any atom is -0.496 e. The number of esters is 1. The number of carbonyl (C=O) groups is 2. The maximum absolute atomic E-state index is 12.6. The van der Waals surface area contributed by atoms with Crippen LogP contribution in [0, 0.1) is 0 Å². The van der Waals surface area contributed by atoms with Crippen molar-refractivity contribution in [1.82, 2.24) is 9.88 Å². The molecule has 0 aliphatic carbocycles. The number of methoxy groups -OCH3 is 1. The summed E-state index contributed by atoms with van der Waals surface area (Å²) in [5.74, 6) is -0.0940. The Hall–Kier alpha value is -2.93. The lowest BCUT2D eigenvalue weighted by atomic mass is 9.99. The van der Waals surface area contributed by atoms with E-state index in [9.17, 15) is 9.59 Å². The van der Waals surface area contributed by atoms with Gasteiger partial charge in [0.25, 0.3) is 5.91 Å². The number of amides is 1. The predicted molar refractivity (Wildman–Crippen MR) is 111 cm³/mol. The van der Waals surface area contributed by atoms with Gasteiger partial charge >= 0.3 is 5.97 Å². The number of ether oxygens (including phenoxy) is 2. The average Bonchev–Trinajstić information content (AvgIpc) is 3.21. The molecule has 1 atom stereocenters. The van der Waals surface area contributed by atoms with E-state index in [0.717, 1.165) is 28.1 Å². The molecule has 0 saturated carbocycles. The summed E-state index contributed by atoms with van der Waals surface area (Å²) in [7, 11) is 1.49. The second-order valence-corrected chi connectivity index (χ2v) is 8.04. The maximum Gasteiger partial charge on any atom is 0.342 e. The summed E-state index contributed by atoms with van der Waals surface area (Å²) in [6, 6.07) is 14.9. The first-order valence-corrected chi connectivity index (χ1v) is 10.4. The molecule has 7 heteroatoms. The number of benzene rings is 2. The zero-order valence-electron chi connectivity index (χ0n) is 16.2. The Bertz CT molecular complexity index is 999. The van der Waals surface area contributed by atoms with Crippen LogP contribution in [0.15, 0.2) is 48.5 Å². The molecule has 1 saturated heterocycles. The number of fused-ring (bicyclic) bond motifs is 1. The number of likely N-dealkylation sites (tertiary alicyclic amines) is 1. The first kappa shape index (κ1) is 19.4. The van der Waals surface area contributed by atoms with Crippen molar-refractivity contribution >= 4 is 33.4 Å². The van der Waals surface area contributed by atoms with Crippen LogP contribution in [0.5, 0.6) is 5.75 Å². The van der Waals surface area contributed by atoms with Crippen molar-refractivity contribution in [2.24, 2.45) is 0 Å². The predicted octanol–water partition coefficient (Wildman–Crippen LogP) is 3.87. The smallest absolute Gasteiger partial charge is 0.342 e. The van der Waals surface area contributed by atoms with E-state index in [-0.39, 0.29) is 18.4 Å². The quantitative estimate of drug-likeness (QED) is 0.598. The van der Waals surface area contributed by atoms with Crippen molar-refractivity contribution in [2.75, 3.05) is 26.8 Å². The number of thiazole rings is 1. The highest BCUT2D eigenvalue weighted by atomic mass is 32.1. The zero-order chi connectivity index (χ0) is 20.2. The van der Waals surface area contributed by atoms with Gasteiger partial charge < -0.3 is 14.4 Å². The van der Waals surface area contributed by atoms with Crippen molar-refractivity contribution in [2.45, 2.75) is 18.8 Å². The van der Waals surface area contributed by atoms with E-state index in [4.69, 9.17) is 14.5 Å². The number of hydrogen-bond donors (Lipinski definition) is 0. The fourth-order valence-corrected chi connectivity index (χ4v) is 4.67. The SMILES string of the molecule is COc1ccccc1C(=O)OCC(=O)N1CCC[C@@H](c2nc3ccccc3s2)C1.